The minimum absolute atomic E-state index is 0.0617. The number of hydrogen-bond acceptors (Lipinski definition) is 6. The molecular formula is C29H27ClF3N5O2. The van der Waals surface area contributed by atoms with Crippen LogP contribution >= 0.6 is 11.6 Å². The van der Waals surface area contributed by atoms with Gasteiger partial charge in [0.25, 0.3) is 0 Å². The highest BCUT2D eigenvalue weighted by molar-refractivity contribution is 6.31. The summed E-state index contributed by atoms with van der Waals surface area (Å²) >= 11 is 6.12. The molecule has 1 amide bonds. The van der Waals surface area contributed by atoms with E-state index < -0.39 is 18.0 Å². The normalized spacial score (nSPS) is 16.7. The molecular weight excluding hydrogens is 543 g/mol. The van der Waals surface area contributed by atoms with Crippen molar-refractivity contribution in [2.24, 2.45) is 4.99 Å². The number of rotatable bonds is 6. The van der Waals surface area contributed by atoms with Crippen LogP contribution in [-0.2, 0) is 30.4 Å². The molecule has 0 unspecified atom stereocenters. The van der Waals surface area contributed by atoms with E-state index in [1.807, 2.05) is 18.2 Å². The first-order valence-electron chi connectivity index (χ1n) is 13.1. The highest BCUT2D eigenvalue weighted by Crippen LogP contribution is 2.28. The lowest BCUT2D eigenvalue weighted by Gasteiger charge is -2.23. The predicted molar refractivity (Wildman–Crippen MR) is 145 cm³/mol. The first-order valence-corrected chi connectivity index (χ1v) is 13.5. The molecule has 0 saturated carbocycles. The fourth-order valence-corrected chi connectivity index (χ4v) is 4.81. The van der Waals surface area contributed by atoms with Crippen molar-refractivity contribution in [1.82, 2.24) is 15.0 Å². The molecule has 40 heavy (non-hydrogen) atoms. The quantitative estimate of drug-likeness (QED) is 0.307. The lowest BCUT2D eigenvalue weighted by atomic mass is 10.0. The molecule has 0 fully saturated rings. The third-order valence-electron chi connectivity index (χ3n) is 6.77. The maximum absolute atomic E-state index is 13.4. The average Bonchev–Trinajstić information content (AvgIpc) is 3.30. The lowest BCUT2D eigenvalue weighted by molar-refractivity contribution is -0.141. The van der Waals surface area contributed by atoms with E-state index in [0.717, 1.165) is 66.9 Å². The molecule has 0 saturated heterocycles. The topological polar surface area (TPSA) is 80.6 Å². The van der Waals surface area contributed by atoms with Crippen LogP contribution in [0.15, 0.2) is 65.7 Å². The number of aromatic nitrogens is 3. The van der Waals surface area contributed by atoms with Crippen molar-refractivity contribution in [2.75, 3.05) is 4.90 Å². The molecule has 2 aliphatic rings. The van der Waals surface area contributed by atoms with Crippen LogP contribution in [0, 0.1) is 0 Å². The molecule has 3 aromatic rings. The van der Waals surface area contributed by atoms with Gasteiger partial charge in [-0.3, -0.25) is 19.9 Å². The zero-order valence-corrected chi connectivity index (χ0v) is 22.4. The Morgan fingerprint density at radius 3 is 2.52 bits per heavy atom. The van der Waals surface area contributed by atoms with Crippen LogP contribution in [0.2, 0.25) is 5.02 Å². The Morgan fingerprint density at radius 1 is 0.975 bits per heavy atom. The van der Waals surface area contributed by atoms with Crippen molar-refractivity contribution >= 4 is 29.2 Å². The summed E-state index contributed by atoms with van der Waals surface area (Å²) in [7, 11) is 0. The molecule has 7 nitrogen and oxygen atoms in total. The third-order valence-corrected chi connectivity index (χ3v) is 6.98. The van der Waals surface area contributed by atoms with Crippen LogP contribution in [0.25, 0.3) is 0 Å². The number of aliphatic imine (C=N–C) groups is 1. The van der Waals surface area contributed by atoms with Gasteiger partial charge in [0.05, 0.1) is 23.8 Å². The number of halogens is 4. The summed E-state index contributed by atoms with van der Waals surface area (Å²) in [6.07, 6.45) is 7.23. The number of allylic oxidation sites excluding steroid dienone is 2. The first kappa shape index (κ1) is 27.8. The number of anilines is 1. The molecule has 1 aliphatic heterocycles. The second kappa shape index (κ2) is 12.2. The maximum Gasteiger partial charge on any atom is 0.433 e. The van der Waals surface area contributed by atoms with Crippen molar-refractivity contribution in [3.05, 3.63) is 93.9 Å². The number of carbonyl (C=O) groups excluding carboxylic acids is 1. The van der Waals surface area contributed by atoms with Gasteiger partial charge in [0, 0.05) is 42.7 Å². The Balaban J connectivity index is 1.36. The van der Waals surface area contributed by atoms with Crippen LogP contribution in [0.3, 0.4) is 0 Å². The number of hydrogen-bond donors (Lipinski definition) is 0. The second-order valence-corrected chi connectivity index (χ2v) is 10.2. The first-order chi connectivity index (χ1) is 19.3. The molecule has 1 aliphatic carbocycles. The summed E-state index contributed by atoms with van der Waals surface area (Å²) < 4.78 is 44.8. The van der Waals surface area contributed by atoms with E-state index in [1.54, 1.807) is 18.5 Å². The van der Waals surface area contributed by atoms with E-state index in [4.69, 9.17) is 16.3 Å². The van der Waals surface area contributed by atoms with Gasteiger partial charge in [-0.25, -0.2) is 9.78 Å². The number of pyridine rings is 3. The van der Waals surface area contributed by atoms with Gasteiger partial charge in [0.15, 0.2) is 0 Å². The van der Waals surface area contributed by atoms with Crippen LogP contribution in [0.4, 0.5) is 23.8 Å². The van der Waals surface area contributed by atoms with Crippen LogP contribution in [0.5, 0.6) is 0 Å². The fraction of sp³-hybridized carbons (Fsp3) is 0.345. The molecule has 11 heteroatoms. The zero-order valence-electron chi connectivity index (χ0n) is 21.6. The monoisotopic (exact) mass is 569 g/mol. The molecule has 0 spiro atoms. The van der Waals surface area contributed by atoms with Crippen molar-refractivity contribution in [1.29, 1.82) is 0 Å². The number of fused-ring (bicyclic) bond motifs is 1. The molecule has 0 radical (unpaired) electrons. The summed E-state index contributed by atoms with van der Waals surface area (Å²) in [5.41, 5.74) is 2.89. The standard InChI is InChI=1S/C29H27ClF3N5O2/c30-21-13-23-24(35-17-25(23)34-16-21)12-19-9-11-27(37-14-19)38(18-20-8-10-26(36-15-20)29(31,32)33)28(39)40-22-6-4-2-1-3-5-7-22/h6,8-11,13-16H,1-5,7,12,17-18H2/b22-6-. The zero-order chi connectivity index (χ0) is 28.1. The predicted octanol–water partition coefficient (Wildman–Crippen LogP) is 7.47. The number of carbonyl (C=O) groups is 1. The minimum Gasteiger partial charge on any atom is -0.415 e. The van der Waals surface area contributed by atoms with E-state index in [-0.39, 0.29) is 6.54 Å². The Hall–Kier alpha value is -3.79. The van der Waals surface area contributed by atoms with Gasteiger partial charge in [0.2, 0.25) is 0 Å². The smallest absolute Gasteiger partial charge is 0.415 e. The average molecular weight is 570 g/mol. The van der Waals surface area contributed by atoms with Gasteiger partial charge in [0.1, 0.15) is 17.3 Å². The van der Waals surface area contributed by atoms with E-state index in [0.29, 0.717) is 41.5 Å². The summed E-state index contributed by atoms with van der Waals surface area (Å²) in [4.78, 5) is 31.6. The van der Waals surface area contributed by atoms with Crippen LogP contribution < -0.4 is 4.90 Å². The van der Waals surface area contributed by atoms with Crippen LogP contribution in [-0.4, -0.2) is 26.8 Å². The van der Waals surface area contributed by atoms with Crippen molar-refractivity contribution in [3.8, 4) is 0 Å². The third kappa shape index (κ3) is 6.85. The Labute approximate surface area is 234 Å². The molecule has 0 atom stereocenters. The number of nitrogens with zero attached hydrogens (tertiary/aromatic N) is 5. The van der Waals surface area contributed by atoms with Crippen molar-refractivity contribution in [3.63, 3.8) is 0 Å². The summed E-state index contributed by atoms with van der Waals surface area (Å²) in [6.45, 7) is 0.428. The number of alkyl halides is 3. The number of ether oxygens (including phenoxy) is 1. The summed E-state index contributed by atoms with van der Waals surface area (Å²) in [6, 6.07) is 7.56. The Bertz CT molecular complexity index is 1420. The van der Waals surface area contributed by atoms with Gasteiger partial charge >= 0.3 is 12.3 Å². The second-order valence-electron chi connectivity index (χ2n) is 9.74. The van der Waals surface area contributed by atoms with Crippen LogP contribution in [0.1, 0.15) is 66.6 Å². The molecule has 5 rings (SSSR count). The lowest BCUT2D eigenvalue weighted by Crippen LogP contribution is -2.32. The van der Waals surface area contributed by atoms with Gasteiger partial charge in [-0.15, -0.1) is 0 Å². The van der Waals surface area contributed by atoms with Gasteiger partial charge in [-0.1, -0.05) is 36.6 Å². The van der Waals surface area contributed by atoms with Gasteiger partial charge < -0.3 is 4.74 Å². The summed E-state index contributed by atoms with van der Waals surface area (Å²) in [5, 5.41) is 0.535. The van der Waals surface area contributed by atoms with Gasteiger partial charge in [-0.05, 0) is 54.7 Å². The Morgan fingerprint density at radius 2 is 1.77 bits per heavy atom. The molecule has 4 heterocycles. The van der Waals surface area contributed by atoms with E-state index in [2.05, 4.69) is 19.9 Å². The maximum atomic E-state index is 13.4. The molecule has 0 N–H and O–H groups in total. The fourth-order valence-electron chi connectivity index (χ4n) is 4.65. The number of amides is 1. The van der Waals surface area contributed by atoms with Gasteiger partial charge in [-0.2, -0.15) is 13.2 Å². The summed E-state index contributed by atoms with van der Waals surface area (Å²) in [5.74, 6) is 0.903. The van der Waals surface area contributed by atoms with Crippen molar-refractivity contribution < 1.29 is 22.7 Å². The van der Waals surface area contributed by atoms with E-state index in [9.17, 15) is 18.0 Å². The molecule has 0 aromatic carbocycles. The minimum atomic E-state index is -4.55. The largest absolute Gasteiger partial charge is 0.433 e. The van der Waals surface area contributed by atoms with E-state index in [1.165, 1.54) is 11.0 Å². The Kier molecular flexibility index (Phi) is 8.44. The van der Waals surface area contributed by atoms with Crippen molar-refractivity contribution in [2.45, 2.75) is 64.2 Å². The molecule has 3 aromatic heterocycles. The molecule has 208 valence electrons. The SMILES string of the molecule is O=C(O/C1=C\CCCCCC1)N(Cc1ccc(C(F)(F)F)nc1)c1ccc(CC2=NCc3ncc(Cl)cc32)cn1. The highest BCUT2D eigenvalue weighted by atomic mass is 35.5. The van der Waals surface area contributed by atoms with E-state index >= 15 is 0 Å². The molecule has 0 bridgehead atoms. The highest BCUT2D eigenvalue weighted by Gasteiger charge is 2.32.